The van der Waals surface area contributed by atoms with E-state index in [-0.39, 0.29) is 30.2 Å². The molecule has 2 rings (SSSR count). The molecule has 2 aromatic heterocycles. The summed E-state index contributed by atoms with van der Waals surface area (Å²) in [6.45, 7) is 0. The fourth-order valence-electron chi connectivity index (χ4n) is 1.45. The highest BCUT2D eigenvalue weighted by atomic mass is 35.5. The number of hydrogen-bond donors (Lipinski definition) is 2. The molecule has 0 aliphatic carbocycles. The van der Waals surface area contributed by atoms with Gasteiger partial charge in [0.2, 0.25) is 0 Å². The van der Waals surface area contributed by atoms with Crippen LogP contribution < -0.4 is 0 Å². The molecule has 2 aromatic rings. The second kappa shape index (κ2) is 4.89. The fourth-order valence-corrected chi connectivity index (χ4v) is 3.69. The Bertz CT molecular complexity index is 644. The summed E-state index contributed by atoms with van der Waals surface area (Å²) in [5, 5.41) is 19.8. The minimum atomic E-state index is -1.17. The van der Waals surface area contributed by atoms with E-state index in [1.165, 1.54) is 11.4 Å². The van der Waals surface area contributed by atoms with Crippen LogP contribution in [0.1, 0.15) is 19.3 Å². The number of aromatic carboxylic acids is 2. The van der Waals surface area contributed by atoms with Crippen LogP contribution in [0.5, 0.6) is 0 Å². The van der Waals surface area contributed by atoms with Crippen LogP contribution in [0.15, 0.2) is 11.4 Å². The summed E-state index contributed by atoms with van der Waals surface area (Å²) in [5.41, 5.74) is 0.441. The molecule has 18 heavy (non-hydrogen) atoms. The van der Waals surface area contributed by atoms with Crippen LogP contribution in [0.4, 0.5) is 0 Å². The Morgan fingerprint density at radius 2 is 1.72 bits per heavy atom. The third-order valence-electron chi connectivity index (χ3n) is 2.11. The van der Waals surface area contributed by atoms with Gasteiger partial charge in [0.1, 0.15) is 9.75 Å². The van der Waals surface area contributed by atoms with E-state index in [1.54, 1.807) is 0 Å². The van der Waals surface area contributed by atoms with Crippen LogP contribution in [0.3, 0.4) is 0 Å². The highest BCUT2D eigenvalue weighted by Gasteiger charge is 2.24. The molecule has 0 spiro atoms. The fraction of sp³-hybridized carbons (Fsp3) is 0. The van der Waals surface area contributed by atoms with E-state index in [1.807, 2.05) is 0 Å². The van der Waals surface area contributed by atoms with Crippen molar-refractivity contribution in [2.75, 3.05) is 0 Å². The van der Waals surface area contributed by atoms with Crippen LogP contribution in [0, 0.1) is 0 Å². The van der Waals surface area contributed by atoms with E-state index < -0.39 is 11.9 Å². The number of hydrogen-bond acceptors (Lipinski definition) is 4. The van der Waals surface area contributed by atoms with Gasteiger partial charge in [-0.05, 0) is 6.07 Å². The van der Waals surface area contributed by atoms with Gasteiger partial charge in [0.05, 0.1) is 9.36 Å². The van der Waals surface area contributed by atoms with Crippen LogP contribution in [0.25, 0.3) is 11.1 Å². The van der Waals surface area contributed by atoms with Crippen molar-refractivity contribution >= 4 is 57.8 Å². The van der Waals surface area contributed by atoms with Gasteiger partial charge in [-0.1, -0.05) is 23.2 Å². The summed E-state index contributed by atoms with van der Waals surface area (Å²) in [6.07, 6.45) is 0. The number of thiophene rings is 2. The van der Waals surface area contributed by atoms with Crippen molar-refractivity contribution in [2.45, 2.75) is 0 Å². The normalized spacial score (nSPS) is 10.6. The van der Waals surface area contributed by atoms with Crippen LogP contribution in [0.2, 0.25) is 9.36 Å². The number of carboxylic acid groups (broad SMARTS) is 2. The number of carboxylic acids is 2. The summed E-state index contributed by atoms with van der Waals surface area (Å²) >= 11 is 13.5. The standard InChI is InChI=1S/C10H4Cl2O4S2/c11-4-2-17-8(10(15)16)6(4)3-1-5(12)18-7(3)9(13)14/h1-2H,(H,13,14)(H,15,16). The highest BCUT2D eigenvalue weighted by molar-refractivity contribution is 7.18. The molecule has 0 aromatic carbocycles. The van der Waals surface area contributed by atoms with Crippen molar-refractivity contribution in [3.05, 3.63) is 30.6 Å². The van der Waals surface area contributed by atoms with E-state index in [4.69, 9.17) is 33.4 Å². The van der Waals surface area contributed by atoms with Crippen molar-refractivity contribution in [3.63, 3.8) is 0 Å². The molecule has 2 heterocycles. The molecule has 0 atom stereocenters. The molecule has 8 heteroatoms. The van der Waals surface area contributed by atoms with Crippen molar-refractivity contribution < 1.29 is 19.8 Å². The molecule has 0 radical (unpaired) electrons. The Morgan fingerprint density at radius 3 is 2.28 bits per heavy atom. The minimum Gasteiger partial charge on any atom is -0.477 e. The third-order valence-corrected chi connectivity index (χ3v) is 4.75. The second-order valence-electron chi connectivity index (χ2n) is 3.19. The molecule has 0 aliphatic rings. The minimum absolute atomic E-state index is 0.00281. The number of halogens is 2. The lowest BCUT2D eigenvalue weighted by molar-refractivity contribution is 0.0689. The van der Waals surface area contributed by atoms with Crippen molar-refractivity contribution in [1.82, 2.24) is 0 Å². The third kappa shape index (κ3) is 2.24. The van der Waals surface area contributed by atoms with Gasteiger partial charge in [-0.3, -0.25) is 0 Å². The Kier molecular flexibility index (Phi) is 3.63. The summed E-state index contributed by atoms with van der Waals surface area (Å²) in [6, 6.07) is 1.41. The average Bonchev–Trinajstić information content (AvgIpc) is 2.81. The first-order valence-electron chi connectivity index (χ1n) is 4.45. The number of carbonyl (C=O) groups is 2. The van der Waals surface area contributed by atoms with Gasteiger partial charge in [-0.25, -0.2) is 9.59 Å². The summed E-state index contributed by atoms with van der Waals surface area (Å²) < 4.78 is 0.265. The molecule has 0 bridgehead atoms. The Balaban J connectivity index is 2.72. The van der Waals surface area contributed by atoms with Crippen molar-refractivity contribution in [3.8, 4) is 11.1 Å². The van der Waals surface area contributed by atoms with Gasteiger partial charge in [-0.15, -0.1) is 22.7 Å². The molecule has 94 valence electrons. The molecule has 0 unspecified atom stereocenters. The van der Waals surface area contributed by atoms with Gasteiger partial charge in [-0.2, -0.15) is 0 Å². The predicted molar refractivity (Wildman–Crippen MR) is 71.6 cm³/mol. The molecule has 0 aliphatic heterocycles. The lowest BCUT2D eigenvalue weighted by atomic mass is 10.1. The molecule has 4 nitrogen and oxygen atoms in total. The molecule has 0 saturated heterocycles. The molecular formula is C10H4Cl2O4S2. The van der Waals surface area contributed by atoms with E-state index in [0.717, 1.165) is 22.7 Å². The highest BCUT2D eigenvalue weighted by Crippen LogP contribution is 2.42. The SMILES string of the molecule is O=C(O)c1sc(Cl)cc1-c1c(Cl)csc1C(=O)O. The predicted octanol–water partition coefficient (Wildman–Crippen LogP) is 4.18. The molecule has 0 amide bonds. The Morgan fingerprint density at radius 1 is 1.11 bits per heavy atom. The second-order valence-corrected chi connectivity index (χ2v) is 6.16. The van der Waals surface area contributed by atoms with Crippen LogP contribution >= 0.6 is 45.9 Å². The quantitative estimate of drug-likeness (QED) is 0.888. The van der Waals surface area contributed by atoms with Gasteiger partial charge in [0.25, 0.3) is 0 Å². The molecule has 0 saturated carbocycles. The first kappa shape index (κ1) is 13.4. The summed E-state index contributed by atoms with van der Waals surface area (Å²) in [4.78, 5) is 22.1. The van der Waals surface area contributed by atoms with Gasteiger partial charge < -0.3 is 10.2 Å². The molecule has 2 N–H and O–H groups in total. The van der Waals surface area contributed by atoms with Crippen molar-refractivity contribution in [2.24, 2.45) is 0 Å². The summed E-state index contributed by atoms with van der Waals surface area (Å²) in [5.74, 6) is -2.32. The van der Waals surface area contributed by atoms with Gasteiger partial charge in [0, 0.05) is 16.5 Å². The van der Waals surface area contributed by atoms with E-state index in [2.05, 4.69) is 0 Å². The topological polar surface area (TPSA) is 74.6 Å². The maximum absolute atomic E-state index is 11.1. The Labute approximate surface area is 119 Å². The number of rotatable bonds is 3. The lowest BCUT2D eigenvalue weighted by Gasteiger charge is -2.00. The zero-order chi connectivity index (χ0) is 13.4. The van der Waals surface area contributed by atoms with Gasteiger partial charge >= 0.3 is 11.9 Å². The maximum atomic E-state index is 11.1. The van der Waals surface area contributed by atoms with E-state index in [0.29, 0.717) is 0 Å². The largest absolute Gasteiger partial charge is 0.477 e. The van der Waals surface area contributed by atoms with Gasteiger partial charge in [0.15, 0.2) is 0 Å². The van der Waals surface area contributed by atoms with Crippen LogP contribution in [-0.2, 0) is 0 Å². The first-order chi connectivity index (χ1) is 8.41. The zero-order valence-corrected chi connectivity index (χ0v) is 11.6. The maximum Gasteiger partial charge on any atom is 0.346 e. The molecule has 0 fully saturated rings. The first-order valence-corrected chi connectivity index (χ1v) is 6.90. The Hall–Kier alpha value is -1.08. The zero-order valence-electron chi connectivity index (χ0n) is 8.44. The monoisotopic (exact) mass is 322 g/mol. The van der Waals surface area contributed by atoms with Crippen LogP contribution in [-0.4, -0.2) is 22.2 Å². The summed E-state index contributed by atoms with van der Waals surface area (Å²) in [7, 11) is 0. The molecular weight excluding hydrogens is 319 g/mol. The lowest BCUT2D eigenvalue weighted by Crippen LogP contribution is -1.98. The average molecular weight is 323 g/mol. The van der Waals surface area contributed by atoms with E-state index in [9.17, 15) is 9.59 Å². The van der Waals surface area contributed by atoms with E-state index >= 15 is 0 Å². The van der Waals surface area contributed by atoms with Crippen molar-refractivity contribution in [1.29, 1.82) is 0 Å². The smallest absolute Gasteiger partial charge is 0.346 e.